The summed E-state index contributed by atoms with van der Waals surface area (Å²) < 4.78 is 5.25. The maximum Gasteiger partial charge on any atom is 0.273 e. The van der Waals surface area contributed by atoms with Gasteiger partial charge in [-0.2, -0.15) is 9.90 Å². The zero-order chi connectivity index (χ0) is 12.1. The molecule has 0 atom stereocenters. The molecular weight excluding hydrogens is 222 g/mol. The van der Waals surface area contributed by atoms with Gasteiger partial charge in [-0.1, -0.05) is 0 Å². The molecule has 1 N–H and O–H groups in total. The third-order valence-electron chi connectivity index (χ3n) is 2.65. The van der Waals surface area contributed by atoms with Gasteiger partial charge in [-0.25, -0.2) is 0 Å². The van der Waals surface area contributed by atoms with E-state index in [4.69, 9.17) is 4.74 Å². The van der Waals surface area contributed by atoms with Crippen LogP contribution in [-0.2, 0) is 11.8 Å². The van der Waals surface area contributed by atoms with Crippen molar-refractivity contribution < 1.29 is 9.53 Å². The molecule has 0 spiro atoms. The fraction of sp³-hybridized carbons (Fsp3) is 0.700. The topological polar surface area (TPSA) is 72.3 Å². The van der Waals surface area contributed by atoms with Crippen molar-refractivity contribution in [3.63, 3.8) is 0 Å². The second-order valence-electron chi connectivity index (χ2n) is 3.93. The Morgan fingerprint density at radius 3 is 2.94 bits per heavy atom. The molecule has 1 fully saturated rings. The van der Waals surface area contributed by atoms with Crippen molar-refractivity contribution in [1.29, 1.82) is 0 Å². The molecule has 0 unspecified atom stereocenters. The second-order valence-corrected chi connectivity index (χ2v) is 3.93. The maximum absolute atomic E-state index is 11.6. The van der Waals surface area contributed by atoms with Crippen LogP contribution in [-0.4, -0.2) is 65.2 Å². The van der Waals surface area contributed by atoms with Gasteiger partial charge in [0.15, 0.2) is 5.69 Å². The van der Waals surface area contributed by atoms with Crippen molar-refractivity contribution in [2.45, 2.75) is 0 Å². The molecule has 7 nitrogen and oxygen atoms in total. The molecule has 17 heavy (non-hydrogen) atoms. The number of rotatable bonds is 4. The summed E-state index contributed by atoms with van der Waals surface area (Å²) >= 11 is 0. The zero-order valence-electron chi connectivity index (χ0n) is 9.93. The van der Waals surface area contributed by atoms with Crippen molar-refractivity contribution in [2.75, 3.05) is 39.4 Å². The second kappa shape index (κ2) is 5.74. The zero-order valence-corrected chi connectivity index (χ0v) is 9.93. The summed E-state index contributed by atoms with van der Waals surface area (Å²) in [6, 6.07) is 0. The first-order valence-electron chi connectivity index (χ1n) is 5.70. The fourth-order valence-corrected chi connectivity index (χ4v) is 1.69. The van der Waals surface area contributed by atoms with Crippen LogP contribution in [0.15, 0.2) is 6.20 Å². The van der Waals surface area contributed by atoms with Gasteiger partial charge in [0, 0.05) is 33.2 Å². The first-order valence-corrected chi connectivity index (χ1v) is 5.70. The summed E-state index contributed by atoms with van der Waals surface area (Å²) in [7, 11) is 1.69. The molecule has 0 aliphatic carbocycles. The van der Waals surface area contributed by atoms with E-state index in [9.17, 15) is 4.79 Å². The number of carbonyl (C=O) groups excluding carboxylic acids is 1. The lowest BCUT2D eigenvalue weighted by Gasteiger charge is -2.26. The van der Waals surface area contributed by atoms with E-state index in [0.29, 0.717) is 12.2 Å². The average Bonchev–Trinajstić information content (AvgIpc) is 2.77. The van der Waals surface area contributed by atoms with Gasteiger partial charge >= 0.3 is 0 Å². The number of amides is 1. The molecule has 1 amide bonds. The highest BCUT2D eigenvalue weighted by atomic mass is 16.5. The van der Waals surface area contributed by atoms with Gasteiger partial charge in [-0.15, -0.1) is 5.10 Å². The number of aromatic nitrogens is 3. The molecule has 0 saturated carbocycles. The van der Waals surface area contributed by atoms with Crippen molar-refractivity contribution in [3.05, 3.63) is 11.9 Å². The van der Waals surface area contributed by atoms with E-state index in [0.717, 1.165) is 32.8 Å². The Bertz CT molecular complexity index is 373. The number of nitrogens with one attached hydrogen (secondary N) is 1. The summed E-state index contributed by atoms with van der Waals surface area (Å²) in [5.41, 5.74) is 0.356. The molecule has 0 bridgehead atoms. The molecule has 7 heteroatoms. The molecule has 1 aromatic heterocycles. The Morgan fingerprint density at radius 1 is 1.53 bits per heavy atom. The molecule has 1 aliphatic heterocycles. The Balaban J connectivity index is 1.69. The van der Waals surface area contributed by atoms with Gasteiger partial charge in [-0.05, 0) is 0 Å². The van der Waals surface area contributed by atoms with E-state index in [-0.39, 0.29) is 5.91 Å². The highest BCUT2D eigenvalue weighted by Gasteiger charge is 2.12. The summed E-state index contributed by atoms with van der Waals surface area (Å²) in [5.74, 6) is -0.175. The van der Waals surface area contributed by atoms with Crippen LogP contribution < -0.4 is 5.32 Å². The highest BCUT2D eigenvalue weighted by Crippen LogP contribution is 1.95. The van der Waals surface area contributed by atoms with E-state index < -0.39 is 0 Å². The van der Waals surface area contributed by atoms with Crippen molar-refractivity contribution >= 4 is 5.91 Å². The fourth-order valence-electron chi connectivity index (χ4n) is 1.69. The minimum absolute atomic E-state index is 0.175. The summed E-state index contributed by atoms with van der Waals surface area (Å²) in [4.78, 5) is 15.3. The molecule has 0 radical (unpaired) electrons. The van der Waals surface area contributed by atoms with E-state index >= 15 is 0 Å². The first-order chi connectivity index (χ1) is 8.25. The van der Waals surface area contributed by atoms with E-state index in [2.05, 4.69) is 20.4 Å². The largest absolute Gasteiger partial charge is 0.379 e. The van der Waals surface area contributed by atoms with E-state index in [1.807, 2.05) is 0 Å². The molecule has 94 valence electrons. The lowest BCUT2D eigenvalue weighted by Crippen LogP contribution is -2.41. The van der Waals surface area contributed by atoms with Gasteiger partial charge in [0.1, 0.15) is 0 Å². The normalized spacial score (nSPS) is 17.0. The standard InChI is InChI=1S/C10H17N5O2/c1-14-12-8-9(13-14)10(16)11-2-3-15-4-6-17-7-5-15/h8H,2-7H2,1H3,(H,11,16). The van der Waals surface area contributed by atoms with E-state index in [1.54, 1.807) is 7.05 Å². The van der Waals surface area contributed by atoms with Crippen LogP contribution in [0.2, 0.25) is 0 Å². The van der Waals surface area contributed by atoms with Gasteiger partial charge in [-0.3, -0.25) is 9.69 Å². The summed E-state index contributed by atoms with van der Waals surface area (Å²) in [5, 5.41) is 10.6. The first kappa shape index (κ1) is 12.0. The molecule has 1 aliphatic rings. The van der Waals surface area contributed by atoms with E-state index in [1.165, 1.54) is 11.0 Å². The smallest absolute Gasteiger partial charge is 0.273 e. The van der Waals surface area contributed by atoms with Crippen LogP contribution >= 0.6 is 0 Å². The lowest BCUT2D eigenvalue weighted by molar-refractivity contribution is 0.0383. The van der Waals surface area contributed by atoms with Crippen molar-refractivity contribution in [2.24, 2.45) is 7.05 Å². The number of carbonyl (C=O) groups is 1. The highest BCUT2D eigenvalue weighted by molar-refractivity contribution is 5.91. The van der Waals surface area contributed by atoms with Crippen LogP contribution in [0.5, 0.6) is 0 Å². The molecule has 2 heterocycles. The maximum atomic E-state index is 11.6. The van der Waals surface area contributed by atoms with Crippen LogP contribution in [0, 0.1) is 0 Å². The molecule has 2 rings (SSSR count). The Morgan fingerprint density at radius 2 is 2.29 bits per heavy atom. The number of nitrogens with zero attached hydrogens (tertiary/aromatic N) is 4. The van der Waals surface area contributed by atoms with Gasteiger partial charge in [0.05, 0.1) is 19.4 Å². The third-order valence-corrected chi connectivity index (χ3v) is 2.65. The minimum Gasteiger partial charge on any atom is -0.379 e. The molecule has 0 aromatic carbocycles. The van der Waals surface area contributed by atoms with Crippen LogP contribution in [0.4, 0.5) is 0 Å². The number of morpholine rings is 1. The SMILES string of the molecule is Cn1ncc(C(=O)NCCN2CCOCC2)n1. The number of hydrogen-bond acceptors (Lipinski definition) is 5. The van der Waals surface area contributed by atoms with Gasteiger partial charge in [0.2, 0.25) is 0 Å². The van der Waals surface area contributed by atoms with Gasteiger partial charge < -0.3 is 10.1 Å². The number of aryl methyl sites for hydroxylation is 1. The minimum atomic E-state index is -0.175. The Hall–Kier alpha value is -1.47. The van der Waals surface area contributed by atoms with Crippen LogP contribution in [0.1, 0.15) is 10.5 Å². The predicted octanol–water partition coefficient (Wildman–Crippen LogP) is -1.12. The molecule has 1 aromatic rings. The number of ether oxygens (including phenoxy) is 1. The Labute approximate surface area is 99.7 Å². The Kier molecular flexibility index (Phi) is 4.05. The van der Waals surface area contributed by atoms with Crippen molar-refractivity contribution in [1.82, 2.24) is 25.2 Å². The monoisotopic (exact) mass is 239 g/mol. The van der Waals surface area contributed by atoms with Crippen LogP contribution in [0.25, 0.3) is 0 Å². The molecule has 1 saturated heterocycles. The predicted molar refractivity (Wildman–Crippen MR) is 60.6 cm³/mol. The molecular formula is C10H17N5O2. The quantitative estimate of drug-likeness (QED) is 0.720. The average molecular weight is 239 g/mol. The number of hydrogen-bond donors (Lipinski definition) is 1. The van der Waals surface area contributed by atoms with Crippen molar-refractivity contribution in [3.8, 4) is 0 Å². The lowest BCUT2D eigenvalue weighted by atomic mass is 10.4. The van der Waals surface area contributed by atoms with Gasteiger partial charge in [0.25, 0.3) is 5.91 Å². The third kappa shape index (κ3) is 3.50. The summed E-state index contributed by atoms with van der Waals surface area (Å²) in [6.45, 7) is 4.88. The summed E-state index contributed by atoms with van der Waals surface area (Å²) in [6.07, 6.45) is 1.46. The van der Waals surface area contributed by atoms with Crippen LogP contribution in [0.3, 0.4) is 0 Å².